The molecule has 0 aromatic heterocycles. The van der Waals surface area contributed by atoms with E-state index in [1.165, 1.54) is 23.5 Å². The summed E-state index contributed by atoms with van der Waals surface area (Å²) in [7, 11) is 4.00. The molecule has 0 fully saturated rings. The number of thioether (sulfide) groups is 2. The van der Waals surface area contributed by atoms with Gasteiger partial charge in [-0.2, -0.15) is 0 Å². The van der Waals surface area contributed by atoms with Crippen molar-refractivity contribution in [2.45, 2.75) is 25.4 Å². The molecule has 1 aromatic rings. The second-order valence-electron chi connectivity index (χ2n) is 5.14. The highest BCUT2D eigenvalue weighted by Crippen LogP contribution is 2.26. The van der Waals surface area contributed by atoms with Gasteiger partial charge in [0.15, 0.2) is 10.2 Å². The normalized spacial score (nSPS) is 10.8. The highest BCUT2D eigenvalue weighted by molar-refractivity contribution is 8.13. The van der Waals surface area contributed by atoms with Gasteiger partial charge in [-0.15, -0.1) is 0 Å². The van der Waals surface area contributed by atoms with Crippen LogP contribution < -0.4 is 4.74 Å². The van der Waals surface area contributed by atoms with Crippen molar-refractivity contribution in [1.82, 2.24) is 4.90 Å². The van der Waals surface area contributed by atoms with Crippen LogP contribution in [0.25, 0.3) is 0 Å². The first kappa shape index (κ1) is 19.1. The molecule has 0 heterocycles. The molecule has 0 spiro atoms. The maximum atomic E-state index is 11.2. The molecule has 0 aliphatic rings. The van der Waals surface area contributed by atoms with Gasteiger partial charge in [-0.3, -0.25) is 9.59 Å². The van der Waals surface area contributed by atoms with E-state index in [1.807, 2.05) is 32.3 Å². The first-order chi connectivity index (χ1) is 10.4. The molecule has 0 unspecified atom stereocenters. The van der Waals surface area contributed by atoms with Crippen LogP contribution in [0.2, 0.25) is 0 Å². The second-order valence-corrected chi connectivity index (χ2v) is 7.45. The lowest BCUT2D eigenvalue weighted by molar-refractivity contribution is -0.109. The summed E-state index contributed by atoms with van der Waals surface area (Å²) in [6.07, 6.45) is 0. The molecule has 0 radical (unpaired) electrons. The Morgan fingerprint density at radius 2 is 1.64 bits per heavy atom. The average molecular weight is 341 g/mol. The zero-order valence-electron chi connectivity index (χ0n) is 13.5. The van der Waals surface area contributed by atoms with Gasteiger partial charge in [-0.25, -0.2) is 0 Å². The van der Waals surface area contributed by atoms with Crippen molar-refractivity contribution in [1.29, 1.82) is 0 Å². The first-order valence-corrected chi connectivity index (χ1v) is 9.01. The van der Waals surface area contributed by atoms with Crippen LogP contribution in [0.1, 0.15) is 25.0 Å². The van der Waals surface area contributed by atoms with Crippen LogP contribution in [0.5, 0.6) is 5.75 Å². The molecule has 0 N–H and O–H groups in total. The minimum Gasteiger partial charge on any atom is -0.492 e. The Balaban J connectivity index is 2.78. The molecule has 0 saturated heterocycles. The monoisotopic (exact) mass is 341 g/mol. The van der Waals surface area contributed by atoms with Crippen molar-refractivity contribution in [2.24, 2.45) is 0 Å². The number of carbonyl (C=O) groups excluding carboxylic acids is 2. The van der Waals surface area contributed by atoms with E-state index in [2.05, 4.69) is 4.90 Å². The predicted molar refractivity (Wildman–Crippen MR) is 94.4 cm³/mol. The molecule has 0 aliphatic heterocycles. The number of benzene rings is 1. The fourth-order valence-corrected chi connectivity index (χ4v) is 2.94. The van der Waals surface area contributed by atoms with Crippen LogP contribution in [0, 0.1) is 0 Å². The fourth-order valence-electron chi connectivity index (χ4n) is 1.67. The van der Waals surface area contributed by atoms with E-state index in [0.29, 0.717) is 18.1 Å². The summed E-state index contributed by atoms with van der Waals surface area (Å²) in [6.45, 7) is 4.59. The summed E-state index contributed by atoms with van der Waals surface area (Å²) in [4.78, 5) is 24.4. The van der Waals surface area contributed by atoms with Crippen molar-refractivity contribution < 1.29 is 14.3 Å². The maximum absolute atomic E-state index is 11.2. The van der Waals surface area contributed by atoms with Crippen LogP contribution in [-0.2, 0) is 21.1 Å². The largest absolute Gasteiger partial charge is 0.492 e. The van der Waals surface area contributed by atoms with Gasteiger partial charge >= 0.3 is 0 Å². The predicted octanol–water partition coefficient (Wildman–Crippen LogP) is 3.19. The SMILES string of the molecule is CC(=O)SCc1ccc(OCCN(C)C)cc1CSC(C)=O. The lowest BCUT2D eigenvalue weighted by atomic mass is 10.1. The van der Waals surface area contributed by atoms with Crippen molar-refractivity contribution in [3.05, 3.63) is 29.3 Å². The van der Waals surface area contributed by atoms with E-state index in [4.69, 9.17) is 4.74 Å². The Morgan fingerprint density at radius 1 is 1.05 bits per heavy atom. The maximum Gasteiger partial charge on any atom is 0.186 e. The first-order valence-electron chi connectivity index (χ1n) is 7.04. The van der Waals surface area contributed by atoms with Crippen molar-refractivity contribution >= 4 is 33.8 Å². The molecule has 0 atom stereocenters. The summed E-state index contributed by atoms with van der Waals surface area (Å²) in [5.74, 6) is 2.03. The molecular weight excluding hydrogens is 318 g/mol. The van der Waals surface area contributed by atoms with E-state index in [0.717, 1.165) is 23.4 Å². The van der Waals surface area contributed by atoms with Crippen molar-refractivity contribution in [3.63, 3.8) is 0 Å². The standard InChI is InChI=1S/C16H23NO3S2/c1-12(18)21-10-14-5-6-16(20-8-7-17(3)4)9-15(14)11-22-13(2)19/h5-6,9H,7-8,10-11H2,1-4H3. The summed E-state index contributed by atoms with van der Waals surface area (Å²) >= 11 is 2.55. The summed E-state index contributed by atoms with van der Waals surface area (Å²) < 4.78 is 5.74. The molecule has 0 amide bonds. The fraction of sp³-hybridized carbons (Fsp3) is 0.500. The topological polar surface area (TPSA) is 46.6 Å². The van der Waals surface area contributed by atoms with Gasteiger partial charge in [0.2, 0.25) is 0 Å². The van der Waals surface area contributed by atoms with E-state index in [1.54, 1.807) is 13.8 Å². The summed E-state index contributed by atoms with van der Waals surface area (Å²) in [5, 5.41) is 0.181. The van der Waals surface area contributed by atoms with Crippen LogP contribution in [-0.4, -0.2) is 42.4 Å². The Morgan fingerprint density at radius 3 is 2.18 bits per heavy atom. The lowest BCUT2D eigenvalue weighted by Gasteiger charge is -2.14. The van der Waals surface area contributed by atoms with Gasteiger partial charge in [-0.1, -0.05) is 29.6 Å². The third-order valence-corrected chi connectivity index (χ3v) is 4.57. The van der Waals surface area contributed by atoms with Crippen LogP contribution in [0.15, 0.2) is 18.2 Å². The molecular formula is C16H23NO3S2. The van der Waals surface area contributed by atoms with Gasteiger partial charge < -0.3 is 9.64 Å². The molecule has 1 rings (SSSR count). The molecule has 0 aliphatic carbocycles. The number of carbonyl (C=O) groups is 2. The molecule has 22 heavy (non-hydrogen) atoms. The van der Waals surface area contributed by atoms with Gasteiger partial charge in [0, 0.05) is 31.9 Å². The zero-order chi connectivity index (χ0) is 16.5. The average Bonchev–Trinajstić information content (AvgIpc) is 2.43. The number of nitrogens with zero attached hydrogens (tertiary/aromatic N) is 1. The molecule has 1 aromatic carbocycles. The van der Waals surface area contributed by atoms with Crippen molar-refractivity contribution in [2.75, 3.05) is 27.2 Å². The highest BCUT2D eigenvalue weighted by atomic mass is 32.2. The summed E-state index contributed by atoms with van der Waals surface area (Å²) in [5.41, 5.74) is 2.13. The van der Waals surface area contributed by atoms with Crippen LogP contribution in [0.3, 0.4) is 0 Å². The van der Waals surface area contributed by atoms with E-state index < -0.39 is 0 Å². The van der Waals surface area contributed by atoms with Crippen molar-refractivity contribution in [3.8, 4) is 5.75 Å². The molecule has 6 heteroatoms. The van der Waals surface area contributed by atoms with E-state index in [-0.39, 0.29) is 10.2 Å². The highest BCUT2D eigenvalue weighted by Gasteiger charge is 2.08. The minimum atomic E-state index is 0.0871. The Kier molecular flexibility index (Phi) is 8.60. The number of rotatable bonds is 8. The van der Waals surface area contributed by atoms with Crippen LogP contribution >= 0.6 is 23.5 Å². The Bertz CT molecular complexity index is 518. The molecule has 4 nitrogen and oxygen atoms in total. The lowest BCUT2D eigenvalue weighted by Crippen LogP contribution is -2.19. The molecule has 0 saturated carbocycles. The smallest absolute Gasteiger partial charge is 0.186 e. The van der Waals surface area contributed by atoms with Gasteiger partial charge in [-0.05, 0) is 37.4 Å². The molecule has 122 valence electrons. The number of hydrogen-bond donors (Lipinski definition) is 0. The number of ether oxygens (including phenoxy) is 1. The Labute approximate surface area is 141 Å². The van der Waals surface area contributed by atoms with Gasteiger partial charge in [0.25, 0.3) is 0 Å². The third kappa shape index (κ3) is 7.87. The second kappa shape index (κ2) is 9.92. The number of hydrogen-bond acceptors (Lipinski definition) is 6. The molecule has 0 bridgehead atoms. The van der Waals surface area contributed by atoms with E-state index in [9.17, 15) is 9.59 Å². The quantitative estimate of drug-likeness (QED) is 0.724. The number of likely N-dealkylation sites (N-methyl/N-ethyl adjacent to an activating group) is 1. The summed E-state index contributed by atoms with van der Waals surface area (Å²) in [6, 6.07) is 5.88. The Hall–Kier alpha value is -0.980. The van der Waals surface area contributed by atoms with Crippen LogP contribution in [0.4, 0.5) is 0 Å². The zero-order valence-corrected chi connectivity index (χ0v) is 15.2. The third-order valence-electron chi connectivity index (χ3n) is 2.85. The van der Waals surface area contributed by atoms with Gasteiger partial charge in [0.1, 0.15) is 12.4 Å². The minimum absolute atomic E-state index is 0.0871. The van der Waals surface area contributed by atoms with Gasteiger partial charge in [0.05, 0.1) is 0 Å². The van der Waals surface area contributed by atoms with E-state index >= 15 is 0 Å².